The summed E-state index contributed by atoms with van der Waals surface area (Å²) in [5.74, 6) is -2.10. The Labute approximate surface area is 103 Å². The van der Waals surface area contributed by atoms with Gasteiger partial charge in [0, 0.05) is 0 Å². The normalized spacial score (nSPS) is 16.8. The van der Waals surface area contributed by atoms with Crippen LogP contribution < -0.4 is 4.74 Å². The second-order valence-corrected chi connectivity index (χ2v) is 4.41. The van der Waals surface area contributed by atoms with Gasteiger partial charge >= 0.3 is 5.97 Å². The molecule has 0 heterocycles. The van der Waals surface area contributed by atoms with Crippen molar-refractivity contribution in [3.63, 3.8) is 0 Å². The molecule has 0 amide bonds. The summed E-state index contributed by atoms with van der Waals surface area (Å²) >= 11 is 0. The van der Waals surface area contributed by atoms with Gasteiger partial charge in [-0.15, -0.1) is 0 Å². The van der Waals surface area contributed by atoms with Crippen LogP contribution in [-0.2, 0) is 4.79 Å². The first-order valence-electron chi connectivity index (χ1n) is 5.63. The molecule has 1 fully saturated rings. The minimum absolute atomic E-state index is 0.000370. The standard InChI is InChI=1S/C13H13FO4/c1-18-10-4-3-8(14)7-9(10)11(15)13(12(16)17)5-2-6-13/h3-4,7H,2,5-6H2,1H3,(H,16,17). The van der Waals surface area contributed by atoms with Gasteiger partial charge < -0.3 is 9.84 Å². The molecule has 0 spiro atoms. The van der Waals surface area contributed by atoms with Gasteiger partial charge in [-0.05, 0) is 31.0 Å². The molecule has 2 rings (SSSR count). The Bertz CT molecular complexity index is 506. The fraction of sp³-hybridized carbons (Fsp3) is 0.385. The summed E-state index contributed by atoms with van der Waals surface area (Å²) in [5.41, 5.74) is -1.40. The molecule has 0 atom stereocenters. The Balaban J connectivity index is 2.45. The van der Waals surface area contributed by atoms with Crippen molar-refractivity contribution in [1.29, 1.82) is 0 Å². The number of aliphatic carboxylic acids is 1. The Morgan fingerprint density at radius 1 is 1.39 bits per heavy atom. The molecule has 0 saturated heterocycles. The summed E-state index contributed by atoms with van der Waals surface area (Å²) in [5, 5.41) is 9.19. The number of carboxylic acids is 1. The van der Waals surface area contributed by atoms with Gasteiger partial charge in [0.2, 0.25) is 0 Å². The van der Waals surface area contributed by atoms with Crippen molar-refractivity contribution in [2.24, 2.45) is 5.41 Å². The zero-order valence-corrected chi connectivity index (χ0v) is 9.90. The topological polar surface area (TPSA) is 63.6 Å². The van der Waals surface area contributed by atoms with Gasteiger partial charge in [-0.3, -0.25) is 9.59 Å². The van der Waals surface area contributed by atoms with E-state index in [9.17, 15) is 19.1 Å². The van der Waals surface area contributed by atoms with Crippen LogP contribution in [0.4, 0.5) is 4.39 Å². The highest BCUT2D eigenvalue weighted by molar-refractivity contribution is 6.14. The predicted molar refractivity (Wildman–Crippen MR) is 61.2 cm³/mol. The molecule has 0 aromatic heterocycles. The summed E-state index contributed by atoms with van der Waals surface area (Å²) in [7, 11) is 1.36. The minimum Gasteiger partial charge on any atom is -0.496 e. The second kappa shape index (κ2) is 4.40. The number of ketones is 1. The lowest BCUT2D eigenvalue weighted by Crippen LogP contribution is -2.45. The zero-order chi connectivity index (χ0) is 13.3. The van der Waals surface area contributed by atoms with Crippen molar-refractivity contribution >= 4 is 11.8 Å². The van der Waals surface area contributed by atoms with Crippen molar-refractivity contribution in [1.82, 2.24) is 0 Å². The highest BCUT2D eigenvalue weighted by Gasteiger charge is 2.51. The smallest absolute Gasteiger partial charge is 0.317 e. The van der Waals surface area contributed by atoms with E-state index < -0.39 is 23.0 Å². The van der Waals surface area contributed by atoms with E-state index in [4.69, 9.17) is 4.74 Å². The molecule has 0 radical (unpaired) electrons. The Hall–Kier alpha value is -1.91. The van der Waals surface area contributed by atoms with Crippen LogP contribution in [0.5, 0.6) is 5.75 Å². The van der Waals surface area contributed by atoms with Crippen molar-refractivity contribution in [2.75, 3.05) is 7.11 Å². The number of carbonyl (C=O) groups is 2. The number of hydrogen-bond acceptors (Lipinski definition) is 3. The van der Waals surface area contributed by atoms with E-state index in [1.807, 2.05) is 0 Å². The number of ether oxygens (including phenoxy) is 1. The van der Waals surface area contributed by atoms with Gasteiger partial charge in [0.1, 0.15) is 17.0 Å². The number of hydrogen-bond donors (Lipinski definition) is 1. The van der Waals surface area contributed by atoms with E-state index in [-0.39, 0.29) is 11.3 Å². The average Bonchev–Trinajstić information content (AvgIpc) is 2.26. The third kappa shape index (κ3) is 1.75. The summed E-state index contributed by atoms with van der Waals surface area (Å²) < 4.78 is 18.2. The number of Topliss-reactive ketones (excluding diaryl/α,β-unsaturated/α-hetero) is 1. The van der Waals surface area contributed by atoms with Crippen molar-refractivity contribution in [3.8, 4) is 5.75 Å². The lowest BCUT2D eigenvalue weighted by atomic mass is 9.64. The van der Waals surface area contributed by atoms with Crippen molar-refractivity contribution in [2.45, 2.75) is 19.3 Å². The number of methoxy groups -OCH3 is 1. The van der Waals surface area contributed by atoms with Crippen LogP contribution in [0.25, 0.3) is 0 Å². The molecular weight excluding hydrogens is 239 g/mol. The molecule has 1 saturated carbocycles. The number of benzene rings is 1. The molecule has 18 heavy (non-hydrogen) atoms. The number of halogens is 1. The van der Waals surface area contributed by atoms with Gasteiger partial charge in [-0.1, -0.05) is 6.42 Å². The number of carbonyl (C=O) groups excluding carboxylic acids is 1. The third-order valence-electron chi connectivity index (χ3n) is 3.46. The molecule has 4 nitrogen and oxygen atoms in total. The molecule has 0 aliphatic heterocycles. The number of rotatable bonds is 4. The fourth-order valence-electron chi connectivity index (χ4n) is 2.18. The maximum atomic E-state index is 13.2. The Kier molecular flexibility index (Phi) is 3.07. The van der Waals surface area contributed by atoms with Crippen LogP contribution in [-0.4, -0.2) is 24.0 Å². The van der Waals surface area contributed by atoms with Crippen LogP contribution in [0, 0.1) is 11.2 Å². The maximum absolute atomic E-state index is 13.2. The third-order valence-corrected chi connectivity index (χ3v) is 3.46. The largest absolute Gasteiger partial charge is 0.496 e. The molecule has 1 aliphatic carbocycles. The van der Waals surface area contributed by atoms with E-state index in [1.54, 1.807) is 0 Å². The quantitative estimate of drug-likeness (QED) is 0.659. The first-order chi connectivity index (χ1) is 8.51. The van der Waals surface area contributed by atoms with E-state index in [1.165, 1.54) is 19.2 Å². The van der Waals surface area contributed by atoms with E-state index in [2.05, 4.69) is 0 Å². The lowest BCUT2D eigenvalue weighted by molar-refractivity contribution is -0.150. The van der Waals surface area contributed by atoms with Gasteiger partial charge in [0.15, 0.2) is 5.78 Å². The minimum atomic E-state index is -1.40. The molecule has 1 aromatic rings. The average molecular weight is 252 g/mol. The second-order valence-electron chi connectivity index (χ2n) is 4.41. The van der Waals surface area contributed by atoms with E-state index >= 15 is 0 Å². The highest BCUT2D eigenvalue weighted by atomic mass is 19.1. The molecular formula is C13H13FO4. The first kappa shape index (κ1) is 12.5. The summed E-state index contributed by atoms with van der Waals surface area (Å²) in [6, 6.07) is 3.53. The van der Waals surface area contributed by atoms with Crippen molar-refractivity contribution in [3.05, 3.63) is 29.6 Å². The van der Waals surface area contributed by atoms with Gasteiger partial charge in [0.05, 0.1) is 12.7 Å². The monoisotopic (exact) mass is 252 g/mol. The lowest BCUT2D eigenvalue weighted by Gasteiger charge is -2.36. The molecule has 1 aromatic carbocycles. The SMILES string of the molecule is COc1ccc(F)cc1C(=O)C1(C(=O)O)CCC1. The van der Waals surface area contributed by atoms with Crippen LogP contribution >= 0.6 is 0 Å². The van der Waals surface area contributed by atoms with Gasteiger partial charge in [-0.25, -0.2) is 4.39 Å². The van der Waals surface area contributed by atoms with Crippen LogP contribution in [0.3, 0.4) is 0 Å². The highest BCUT2D eigenvalue weighted by Crippen LogP contribution is 2.45. The van der Waals surface area contributed by atoms with Crippen LogP contribution in [0.15, 0.2) is 18.2 Å². The van der Waals surface area contributed by atoms with Crippen molar-refractivity contribution < 1.29 is 23.8 Å². The van der Waals surface area contributed by atoms with Gasteiger partial charge in [-0.2, -0.15) is 0 Å². The summed E-state index contributed by atoms with van der Waals surface area (Å²) in [6.45, 7) is 0. The fourth-order valence-corrected chi connectivity index (χ4v) is 2.18. The molecule has 0 bridgehead atoms. The van der Waals surface area contributed by atoms with Crippen LogP contribution in [0.2, 0.25) is 0 Å². The Morgan fingerprint density at radius 2 is 2.06 bits per heavy atom. The number of carboxylic acid groups (broad SMARTS) is 1. The summed E-state index contributed by atoms with van der Waals surface area (Å²) in [4.78, 5) is 23.5. The van der Waals surface area contributed by atoms with E-state index in [0.29, 0.717) is 19.3 Å². The molecule has 5 heteroatoms. The predicted octanol–water partition coefficient (Wildman–Crippen LogP) is 2.27. The maximum Gasteiger partial charge on any atom is 0.317 e. The van der Waals surface area contributed by atoms with Gasteiger partial charge in [0.25, 0.3) is 0 Å². The molecule has 1 N–H and O–H groups in total. The molecule has 1 aliphatic rings. The van der Waals surface area contributed by atoms with E-state index in [0.717, 1.165) is 6.07 Å². The first-order valence-corrected chi connectivity index (χ1v) is 5.63. The zero-order valence-electron chi connectivity index (χ0n) is 9.90. The summed E-state index contributed by atoms with van der Waals surface area (Å²) in [6.07, 6.45) is 1.28. The Morgan fingerprint density at radius 3 is 2.50 bits per heavy atom. The molecule has 96 valence electrons. The van der Waals surface area contributed by atoms with Crippen LogP contribution in [0.1, 0.15) is 29.6 Å². The molecule has 0 unspecified atom stereocenters.